The number of rotatable bonds is 4. The number of aromatic nitrogens is 1. The van der Waals surface area contributed by atoms with Crippen LogP contribution in [0.15, 0.2) is 17.0 Å². The highest BCUT2D eigenvalue weighted by Crippen LogP contribution is 2.41. The molecule has 8 nitrogen and oxygen atoms in total. The second-order valence-corrected chi connectivity index (χ2v) is 10.0. The average molecular weight is 457 g/mol. The van der Waals surface area contributed by atoms with Crippen molar-refractivity contribution in [3.63, 3.8) is 0 Å². The van der Waals surface area contributed by atoms with Crippen LogP contribution < -0.4 is 5.32 Å². The van der Waals surface area contributed by atoms with Crippen LogP contribution in [0.3, 0.4) is 0 Å². The van der Waals surface area contributed by atoms with E-state index in [0.717, 1.165) is 49.1 Å². The molecular weight excluding hydrogens is 432 g/mol. The Labute approximate surface area is 185 Å². The molecule has 9 heteroatoms. The Morgan fingerprint density at radius 1 is 1.12 bits per heavy atom. The fourth-order valence-electron chi connectivity index (χ4n) is 5.02. The van der Waals surface area contributed by atoms with E-state index in [1.54, 1.807) is 12.1 Å². The molecule has 3 N–H and O–H groups in total. The van der Waals surface area contributed by atoms with Crippen LogP contribution in [0.4, 0.5) is 5.69 Å². The van der Waals surface area contributed by atoms with Gasteiger partial charge in [0.1, 0.15) is 0 Å². The van der Waals surface area contributed by atoms with E-state index in [-0.39, 0.29) is 23.8 Å². The average Bonchev–Trinajstić information content (AvgIpc) is 3.12. The van der Waals surface area contributed by atoms with Crippen molar-refractivity contribution < 1.29 is 27.3 Å². The molecule has 168 valence electrons. The Morgan fingerprint density at radius 3 is 2.75 bits per heavy atom. The zero-order valence-corrected chi connectivity index (χ0v) is 18.3. The minimum Gasteiger partial charge on any atom is -0.481 e. The largest absolute Gasteiger partial charge is 0.481 e. The van der Waals surface area contributed by atoms with Crippen molar-refractivity contribution in [3.8, 4) is 0 Å². The van der Waals surface area contributed by atoms with Gasteiger partial charge in [-0.2, -0.15) is 8.42 Å². The van der Waals surface area contributed by atoms with E-state index in [1.807, 2.05) is 0 Å². The third-order valence-electron chi connectivity index (χ3n) is 6.46. The standard InChI is InChI=1S/C23H24N2O6S/c26-21(27)9-6-14-13-4-2-1-3-5-17(13)24-19(14)12-16-22-15-10-11-31-32(29,30)20(15)8-7-18(22)25-23(16)28/h7-8,12,24H,1-6,9-11H2,(H,25,28)(H,26,27)/b16-12-. The summed E-state index contributed by atoms with van der Waals surface area (Å²) in [4.78, 5) is 27.7. The molecule has 2 aromatic rings. The Hall–Kier alpha value is -2.91. The molecule has 3 heterocycles. The first kappa shape index (κ1) is 21.0. The summed E-state index contributed by atoms with van der Waals surface area (Å²) in [6, 6.07) is 3.06. The van der Waals surface area contributed by atoms with E-state index >= 15 is 0 Å². The van der Waals surface area contributed by atoms with Gasteiger partial charge in [-0.3, -0.25) is 13.8 Å². The smallest absolute Gasteiger partial charge is 0.303 e. The number of aliphatic carboxylic acids is 1. The predicted octanol–water partition coefficient (Wildman–Crippen LogP) is 3.05. The van der Waals surface area contributed by atoms with Crippen molar-refractivity contribution in [2.45, 2.75) is 56.3 Å². The zero-order chi connectivity index (χ0) is 22.5. The maximum Gasteiger partial charge on any atom is 0.303 e. The van der Waals surface area contributed by atoms with Crippen LogP contribution in [0.1, 0.15) is 59.3 Å². The van der Waals surface area contributed by atoms with E-state index in [0.29, 0.717) is 35.2 Å². The first-order valence-corrected chi connectivity index (χ1v) is 12.3. The zero-order valence-electron chi connectivity index (χ0n) is 17.5. The number of hydrogen-bond acceptors (Lipinski definition) is 5. The van der Waals surface area contributed by atoms with Crippen LogP contribution in [0.2, 0.25) is 0 Å². The molecule has 0 bridgehead atoms. The van der Waals surface area contributed by atoms with Crippen LogP contribution in [-0.2, 0) is 49.6 Å². The number of carboxylic acid groups (broad SMARTS) is 1. The minimum atomic E-state index is -3.85. The number of aromatic amines is 1. The van der Waals surface area contributed by atoms with E-state index in [1.165, 1.54) is 11.6 Å². The van der Waals surface area contributed by atoms with Gasteiger partial charge >= 0.3 is 5.97 Å². The molecule has 0 saturated carbocycles. The lowest BCUT2D eigenvalue weighted by molar-refractivity contribution is -0.137. The molecule has 1 aromatic carbocycles. The normalized spacial score (nSPS) is 20.2. The number of H-pyrrole nitrogens is 1. The molecule has 0 fully saturated rings. The number of fused-ring (bicyclic) bond motifs is 4. The van der Waals surface area contributed by atoms with Crippen LogP contribution in [-0.4, -0.2) is 37.0 Å². The van der Waals surface area contributed by atoms with Gasteiger partial charge in [0.2, 0.25) is 0 Å². The third kappa shape index (κ3) is 3.55. The van der Waals surface area contributed by atoms with Gasteiger partial charge in [-0.15, -0.1) is 0 Å². The van der Waals surface area contributed by atoms with Gasteiger partial charge in [-0.25, -0.2) is 0 Å². The number of anilines is 1. The van der Waals surface area contributed by atoms with E-state index in [4.69, 9.17) is 4.18 Å². The fourth-order valence-corrected chi connectivity index (χ4v) is 6.19. The number of benzene rings is 1. The van der Waals surface area contributed by atoms with Gasteiger partial charge in [0, 0.05) is 29.1 Å². The Kier molecular flexibility index (Phi) is 5.17. The Bertz CT molecular complexity index is 1270. The highest BCUT2D eigenvalue weighted by atomic mass is 32.2. The van der Waals surface area contributed by atoms with Gasteiger partial charge in [0.15, 0.2) is 0 Å². The summed E-state index contributed by atoms with van der Waals surface area (Å²) in [6.07, 6.45) is 7.57. The molecule has 1 aliphatic carbocycles. The summed E-state index contributed by atoms with van der Waals surface area (Å²) < 4.78 is 29.7. The third-order valence-corrected chi connectivity index (χ3v) is 7.86. The van der Waals surface area contributed by atoms with Crippen LogP contribution >= 0.6 is 0 Å². The number of carbonyl (C=O) groups excluding carboxylic acids is 1. The highest BCUT2D eigenvalue weighted by Gasteiger charge is 2.34. The van der Waals surface area contributed by atoms with E-state index in [2.05, 4.69) is 10.3 Å². The SMILES string of the molecule is O=C(O)CCc1c(/C=C2\C(=O)Nc3ccc4c(c32)CCOS4(=O)=O)[nH]c2c1CCCCC2. The van der Waals surface area contributed by atoms with Gasteiger partial charge in [0.25, 0.3) is 16.0 Å². The predicted molar refractivity (Wildman–Crippen MR) is 118 cm³/mol. The molecule has 1 aromatic heterocycles. The monoisotopic (exact) mass is 456 g/mol. The van der Waals surface area contributed by atoms with E-state index in [9.17, 15) is 23.1 Å². The maximum atomic E-state index is 12.9. The summed E-state index contributed by atoms with van der Waals surface area (Å²) >= 11 is 0. The number of carbonyl (C=O) groups is 2. The minimum absolute atomic E-state index is 0.00817. The number of aryl methyl sites for hydroxylation is 1. The topological polar surface area (TPSA) is 126 Å². The van der Waals surface area contributed by atoms with Crippen molar-refractivity contribution >= 4 is 39.3 Å². The molecule has 32 heavy (non-hydrogen) atoms. The van der Waals surface area contributed by atoms with Crippen molar-refractivity contribution in [2.24, 2.45) is 0 Å². The Balaban J connectivity index is 1.66. The van der Waals surface area contributed by atoms with Crippen LogP contribution in [0.25, 0.3) is 11.6 Å². The molecule has 0 radical (unpaired) electrons. The molecule has 0 atom stereocenters. The maximum absolute atomic E-state index is 12.9. The summed E-state index contributed by atoms with van der Waals surface area (Å²) in [5, 5.41) is 12.1. The summed E-state index contributed by atoms with van der Waals surface area (Å²) in [7, 11) is -3.85. The molecule has 2 aliphatic heterocycles. The quantitative estimate of drug-likeness (QED) is 0.369. The Morgan fingerprint density at radius 2 is 1.94 bits per heavy atom. The lowest BCUT2D eigenvalue weighted by atomic mass is 9.95. The van der Waals surface area contributed by atoms with Crippen molar-refractivity contribution in [1.29, 1.82) is 0 Å². The van der Waals surface area contributed by atoms with Gasteiger partial charge in [-0.05, 0) is 73.4 Å². The molecule has 0 spiro atoms. The second-order valence-electron chi connectivity index (χ2n) is 8.43. The first-order valence-electron chi connectivity index (χ1n) is 10.9. The van der Waals surface area contributed by atoms with Crippen molar-refractivity contribution in [2.75, 3.05) is 11.9 Å². The lowest BCUT2D eigenvalue weighted by Crippen LogP contribution is -2.19. The van der Waals surface area contributed by atoms with Crippen LogP contribution in [0, 0.1) is 0 Å². The van der Waals surface area contributed by atoms with Crippen LogP contribution in [0.5, 0.6) is 0 Å². The van der Waals surface area contributed by atoms with E-state index < -0.39 is 16.1 Å². The molecule has 3 aliphatic rings. The lowest BCUT2D eigenvalue weighted by Gasteiger charge is -2.19. The molecule has 0 unspecified atom stereocenters. The number of hydrogen-bond donors (Lipinski definition) is 3. The van der Waals surface area contributed by atoms with Gasteiger partial charge < -0.3 is 15.4 Å². The summed E-state index contributed by atoms with van der Waals surface area (Å²) in [5.41, 5.74) is 6.10. The molecule has 0 saturated heterocycles. The molecule has 1 amide bonds. The van der Waals surface area contributed by atoms with Crippen molar-refractivity contribution in [3.05, 3.63) is 45.8 Å². The van der Waals surface area contributed by atoms with Gasteiger partial charge in [-0.1, -0.05) is 6.42 Å². The second kappa shape index (κ2) is 7.90. The number of nitrogens with one attached hydrogen (secondary N) is 2. The van der Waals surface area contributed by atoms with Crippen molar-refractivity contribution in [1.82, 2.24) is 4.98 Å². The molecular formula is C23H24N2O6S. The molecule has 5 rings (SSSR count). The highest BCUT2D eigenvalue weighted by molar-refractivity contribution is 7.86. The fraction of sp³-hybridized carbons (Fsp3) is 0.391. The van der Waals surface area contributed by atoms with Gasteiger partial charge in [0.05, 0.1) is 17.1 Å². The summed E-state index contributed by atoms with van der Waals surface area (Å²) in [5.74, 6) is -1.17. The first-order chi connectivity index (χ1) is 15.3. The number of amides is 1. The number of carboxylic acids is 1. The summed E-state index contributed by atoms with van der Waals surface area (Å²) in [6.45, 7) is 0.0356.